The van der Waals surface area contributed by atoms with E-state index >= 15 is 0 Å². The number of carbonyl (C=O) groups is 3. The Labute approximate surface area is 679 Å². The molecule has 110 heavy (non-hydrogen) atoms. The maximum Gasteiger partial charge on any atom is 0.306 e. The standard InChI is InChI=1S/C18H2.C15H30O3.C11H16.C10H14O.2C10H22O.C10H22.2C7H16N2O/c1-3-5-7-9-11-13-15-17-18-16-14-12-10-8-6-4-2;1-7-15(5,6)10-12-17-11-8-9-13(16)18-14(2,3)4;1-11(2,3)9-10-7-5-4-6-8-10;1-10(2,3)11-9-7-5-4-6-8-9;2*1-7-10(5,6)8-11-9(2,3)4;1-7-10(5,6)8-9(2,3)4;2*1-6(10)9-5-7(2,3)8-4/h1-2H;7-12H2,1-6H3;4-8H,9H2,1-3H3;4-8H,1-3H3;2*7-8H2,1-6H3;7-8H2,1-6H3;2*8H,5H2,1-4H3,(H,9,10). The second-order valence-corrected chi connectivity index (χ2v) is 37.5. The lowest BCUT2D eigenvalue weighted by molar-refractivity contribution is -0.155. The van der Waals surface area contributed by atoms with Gasteiger partial charge in [0.2, 0.25) is 11.8 Å². The Hall–Kier alpha value is -7.51. The zero-order valence-corrected chi connectivity index (χ0v) is 77.3. The van der Waals surface area contributed by atoms with Gasteiger partial charge in [-0.05, 0) is 308 Å². The Kier molecular flexibility index (Phi) is 64.3. The molecular weight excluding hydrogens is 1360 g/mol. The van der Waals surface area contributed by atoms with Crippen LogP contribution in [0.5, 0.6) is 5.75 Å². The molecule has 0 saturated heterocycles. The van der Waals surface area contributed by atoms with Crippen molar-refractivity contribution < 1.29 is 38.1 Å². The zero-order chi connectivity index (χ0) is 87.2. The van der Waals surface area contributed by atoms with Gasteiger partial charge in [-0.15, -0.1) is 12.8 Å². The molecule has 0 aliphatic rings. The second kappa shape index (κ2) is 61.1. The highest BCUT2D eigenvalue weighted by Gasteiger charge is 2.25. The van der Waals surface area contributed by atoms with Gasteiger partial charge >= 0.3 is 5.97 Å². The Bertz CT molecular complexity index is 3160. The van der Waals surface area contributed by atoms with Crippen molar-refractivity contribution in [2.45, 2.75) is 341 Å². The number of nitrogens with one attached hydrogen (secondary N) is 4. The van der Waals surface area contributed by atoms with E-state index in [1.807, 2.05) is 114 Å². The quantitative estimate of drug-likeness (QED) is 0.0455. The number of likely N-dealkylation sites (N-methyl/N-ethyl adjacent to an activating group) is 2. The van der Waals surface area contributed by atoms with Crippen molar-refractivity contribution in [2.24, 2.45) is 32.5 Å². The smallest absolute Gasteiger partial charge is 0.306 e. The predicted molar refractivity (Wildman–Crippen MR) is 474 cm³/mol. The van der Waals surface area contributed by atoms with Gasteiger partial charge in [0.05, 0.1) is 24.4 Å². The fraction of sp³-hybridized carbons (Fsp3) is 0.663. The van der Waals surface area contributed by atoms with Crippen molar-refractivity contribution in [1.29, 1.82) is 0 Å². The summed E-state index contributed by atoms with van der Waals surface area (Å²) in [7, 11) is 3.75. The molecule has 0 aromatic heterocycles. The van der Waals surface area contributed by atoms with Crippen molar-refractivity contribution in [3.8, 4) is 113 Å². The fourth-order valence-electron chi connectivity index (χ4n) is 7.29. The molecule has 0 aliphatic heterocycles. The highest BCUT2D eigenvalue weighted by atomic mass is 16.6. The third kappa shape index (κ3) is 103. The highest BCUT2D eigenvalue weighted by molar-refractivity contribution is 5.73. The number of benzene rings is 2. The van der Waals surface area contributed by atoms with Gasteiger partial charge in [0.15, 0.2) is 0 Å². The first-order chi connectivity index (χ1) is 50.0. The molecule has 2 rings (SSSR count). The van der Waals surface area contributed by atoms with Crippen LogP contribution in [0.4, 0.5) is 0 Å². The van der Waals surface area contributed by atoms with Gasteiger partial charge in [0, 0.05) is 57.6 Å². The van der Waals surface area contributed by atoms with Gasteiger partial charge in [0.1, 0.15) is 17.0 Å². The lowest BCUT2D eigenvalue weighted by atomic mass is 9.75. The summed E-state index contributed by atoms with van der Waals surface area (Å²) < 4.78 is 27.7. The minimum atomic E-state index is -0.386. The highest BCUT2D eigenvalue weighted by Crippen LogP contribution is 2.35. The Morgan fingerprint density at radius 1 is 0.400 bits per heavy atom. The molecule has 2 aromatic carbocycles. The lowest BCUT2D eigenvalue weighted by Gasteiger charge is -2.31. The molecule has 0 unspecified atom stereocenters. The van der Waals surface area contributed by atoms with Crippen LogP contribution < -0.4 is 26.0 Å². The van der Waals surface area contributed by atoms with Crippen LogP contribution in [-0.2, 0) is 39.8 Å². The molecule has 0 fully saturated rings. The number of hydrogen-bond acceptors (Lipinski definition) is 10. The molecule has 12 heteroatoms. The van der Waals surface area contributed by atoms with E-state index in [9.17, 15) is 14.4 Å². The third-order valence-electron chi connectivity index (χ3n) is 15.3. The first-order valence-corrected chi connectivity index (χ1v) is 39.1. The summed E-state index contributed by atoms with van der Waals surface area (Å²) in [4.78, 5) is 32.4. The second-order valence-electron chi connectivity index (χ2n) is 37.5. The van der Waals surface area contributed by atoms with Crippen LogP contribution in [0.2, 0.25) is 0 Å². The van der Waals surface area contributed by atoms with E-state index in [2.05, 4.69) is 312 Å². The van der Waals surface area contributed by atoms with Crippen LogP contribution in [0.15, 0.2) is 60.7 Å². The van der Waals surface area contributed by atoms with Crippen LogP contribution in [-0.4, -0.2) is 105 Å². The van der Waals surface area contributed by atoms with E-state index in [4.69, 9.17) is 36.5 Å². The predicted octanol–water partition coefficient (Wildman–Crippen LogP) is 20.9. The molecule has 0 spiro atoms. The van der Waals surface area contributed by atoms with Crippen molar-refractivity contribution in [3.63, 3.8) is 0 Å². The van der Waals surface area contributed by atoms with Crippen LogP contribution >= 0.6 is 0 Å². The van der Waals surface area contributed by atoms with E-state index in [-0.39, 0.29) is 51.3 Å². The van der Waals surface area contributed by atoms with Gasteiger partial charge in [-0.25, -0.2) is 0 Å². The summed E-state index contributed by atoms with van der Waals surface area (Å²) >= 11 is 0. The van der Waals surface area contributed by atoms with E-state index in [1.54, 1.807) is 0 Å². The Morgan fingerprint density at radius 2 is 0.727 bits per heavy atom. The maximum atomic E-state index is 11.4. The zero-order valence-electron chi connectivity index (χ0n) is 77.3. The van der Waals surface area contributed by atoms with Gasteiger partial charge in [-0.3, -0.25) is 14.4 Å². The van der Waals surface area contributed by atoms with Gasteiger partial charge in [0.25, 0.3) is 0 Å². The average Bonchev–Trinajstić information content (AvgIpc) is 0.887. The number of esters is 1. The van der Waals surface area contributed by atoms with Gasteiger partial charge in [-0.1, -0.05) is 186 Å². The molecular formula is C98H160N4O8. The molecule has 0 heterocycles. The third-order valence-corrected chi connectivity index (χ3v) is 15.3. The maximum absolute atomic E-state index is 11.4. The molecule has 12 nitrogen and oxygen atoms in total. The first kappa shape index (κ1) is 116. The van der Waals surface area contributed by atoms with E-state index < -0.39 is 0 Å². The number of amides is 2. The molecule has 2 aromatic rings. The summed E-state index contributed by atoms with van der Waals surface area (Å²) in [5, 5.41) is 11.6. The van der Waals surface area contributed by atoms with Crippen LogP contribution in [0.25, 0.3) is 0 Å². The van der Waals surface area contributed by atoms with Gasteiger partial charge in [-0.2, -0.15) is 0 Å². The number of hydrogen-bond donors (Lipinski definition) is 4. The molecule has 4 N–H and O–H groups in total. The van der Waals surface area contributed by atoms with E-state index in [0.29, 0.717) is 58.6 Å². The SMILES string of the molecule is C#CC#CC#CC#CC#CC#CC#CC#CC#C.CC(C)(C)Cc1ccccc1.CC(C)(C)Oc1ccccc1.CCC(C)(C)CC(C)(C)C.CCC(C)(C)CCOCCCC(=O)OC(C)(C)C.CCC(C)(C)COC(C)(C)C.CCC(C)(C)COC(C)(C)C.CNC(C)(C)CNC(C)=O.CNC(C)(C)CNC(C)=O. The monoisotopic (exact) mass is 1520 g/mol. The molecule has 0 bridgehead atoms. The molecule has 620 valence electrons. The minimum absolute atomic E-state index is 0.00639. The summed E-state index contributed by atoms with van der Waals surface area (Å²) in [6.45, 7) is 80.7. The average molecular weight is 1520 g/mol. The van der Waals surface area contributed by atoms with E-state index in [1.165, 1.54) is 45.1 Å². The number of terminal acetylenes is 2. The molecule has 0 aliphatic carbocycles. The Balaban J connectivity index is -0.000000219. The minimum Gasteiger partial charge on any atom is -0.488 e. The number of rotatable bonds is 24. The van der Waals surface area contributed by atoms with Crippen LogP contribution in [0, 0.1) is 140 Å². The summed E-state index contributed by atoms with van der Waals surface area (Å²) in [6, 6.07) is 20.5. The molecule has 0 saturated carbocycles. The summed E-state index contributed by atoms with van der Waals surface area (Å²) in [6.07, 6.45) is 19.3. The van der Waals surface area contributed by atoms with Crippen LogP contribution in [0.3, 0.4) is 0 Å². The summed E-state index contributed by atoms with van der Waals surface area (Å²) in [5.74, 6) is 39.1. The Morgan fingerprint density at radius 3 is 0.982 bits per heavy atom. The number of para-hydroxylation sites is 1. The fourth-order valence-corrected chi connectivity index (χ4v) is 7.29. The molecule has 2 amide bonds. The van der Waals surface area contributed by atoms with Crippen LogP contribution in [0.1, 0.15) is 306 Å². The molecule has 0 atom stereocenters. The number of carbonyl (C=O) groups excluding carboxylic acids is 3. The van der Waals surface area contributed by atoms with Crippen molar-refractivity contribution >= 4 is 17.8 Å². The first-order valence-electron chi connectivity index (χ1n) is 39.1. The normalized spacial score (nSPS) is 10.9. The topological polar surface area (TPSA) is 145 Å². The van der Waals surface area contributed by atoms with Crippen molar-refractivity contribution in [1.82, 2.24) is 21.3 Å². The van der Waals surface area contributed by atoms with Crippen molar-refractivity contribution in [2.75, 3.05) is 53.6 Å². The molecule has 0 radical (unpaired) electrons. The number of ether oxygens (including phenoxy) is 5. The summed E-state index contributed by atoms with van der Waals surface area (Å²) in [5.41, 5.74) is 3.37. The van der Waals surface area contributed by atoms with Crippen molar-refractivity contribution in [3.05, 3.63) is 66.2 Å². The largest absolute Gasteiger partial charge is 0.488 e. The lowest BCUT2D eigenvalue weighted by Crippen LogP contribution is -2.46. The van der Waals surface area contributed by atoms with E-state index in [0.717, 1.165) is 51.3 Å². The van der Waals surface area contributed by atoms with Gasteiger partial charge < -0.3 is 45.0 Å².